The number of fused-ring (bicyclic) bond motifs is 1. The first-order valence-electron chi connectivity index (χ1n) is 4.65. The summed E-state index contributed by atoms with van der Waals surface area (Å²) in [5.41, 5.74) is 2.91. The summed E-state index contributed by atoms with van der Waals surface area (Å²) in [6.45, 7) is 4.14. The van der Waals surface area contributed by atoms with E-state index in [1.165, 1.54) is 0 Å². The quantitative estimate of drug-likeness (QED) is 0.701. The maximum atomic E-state index is 5.60. The van der Waals surface area contributed by atoms with Gasteiger partial charge in [0.25, 0.3) is 0 Å². The Hall–Kier alpha value is -1.31. The highest BCUT2D eigenvalue weighted by atomic mass is 16.3. The summed E-state index contributed by atoms with van der Waals surface area (Å²) in [7, 11) is 0. The van der Waals surface area contributed by atoms with Crippen molar-refractivity contribution in [1.82, 2.24) is 4.98 Å². The van der Waals surface area contributed by atoms with Crippen molar-refractivity contribution in [2.24, 2.45) is 0 Å². The van der Waals surface area contributed by atoms with Gasteiger partial charge in [-0.3, -0.25) is 0 Å². The van der Waals surface area contributed by atoms with E-state index in [9.17, 15) is 0 Å². The standard InChI is InChI=1S/C11H13NO/c1-3-4-9-7-10-11(13-9)6-5-8(2)12-10/h5-7H,3-4H2,1-2H3. The Morgan fingerprint density at radius 3 is 3.00 bits per heavy atom. The molecular formula is C11H13NO. The molecule has 0 radical (unpaired) electrons. The second kappa shape index (κ2) is 3.21. The molecule has 68 valence electrons. The highest BCUT2D eigenvalue weighted by Crippen LogP contribution is 2.18. The van der Waals surface area contributed by atoms with Crippen LogP contribution in [-0.2, 0) is 6.42 Å². The molecule has 0 bridgehead atoms. The van der Waals surface area contributed by atoms with Gasteiger partial charge in [0.05, 0.1) is 0 Å². The van der Waals surface area contributed by atoms with Crippen molar-refractivity contribution >= 4 is 11.1 Å². The van der Waals surface area contributed by atoms with E-state index in [0.29, 0.717) is 0 Å². The average Bonchev–Trinajstić information content (AvgIpc) is 2.46. The molecule has 2 aromatic rings. The first-order valence-corrected chi connectivity index (χ1v) is 4.65. The Kier molecular flexibility index (Phi) is 2.05. The molecule has 0 saturated carbocycles. The third kappa shape index (κ3) is 1.57. The lowest BCUT2D eigenvalue weighted by atomic mass is 10.2. The number of hydrogen-bond donors (Lipinski definition) is 0. The monoisotopic (exact) mass is 175 g/mol. The van der Waals surface area contributed by atoms with Gasteiger partial charge in [0.15, 0.2) is 5.58 Å². The minimum atomic E-state index is 0.897. The molecule has 2 aromatic heterocycles. The zero-order valence-corrected chi connectivity index (χ0v) is 8.00. The lowest BCUT2D eigenvalue weighted by molar-refractivity contribution is 0.544. The molecule has 0 amide bonds. The van der Waals surface area contributed by atoms with Crippen LogP contribution in [0.2, 0.25) is 0 Å². The van der Waals surface area contributed by atoms with Crippen LogP contribution in [-0.4, -0.2) is 4.98 Å². The molecule has 2 heterocycles. The van der Waals surface area contributed by atoms with E-state index in [2.05, 4.69) is 11.9 Å². The second-order valence-electron chi connectivity index (χ2n) is 3.30. The summed E-state index contributed by atoms with van der Waals surface area (Å²) >= 11 is 0. The molecule has 0 spiro atoms. The lowest BCUT2D eigenvalue weighted by Gasteiger charge is -1.89. The van der Waals surface area contributed by atoms with E-state index in [1.807, 2.05) is 25.1 Å². The van der Waals surface area contributed by atoms with E-state index in [0.717, 1.165) is 35.4 Å². The molecular weight excluding hydrogens is 162 g/mol. The normalized spacial score (nSPS) is 10.9. The van der Waals surface area contributed by atoms with Crippen molar-refractivity contribution in [3.05, 3.63) is 29.7 Å². The van der Waals surface area contributed by atoms with Gasteiger partial charge >= 0.3 is 0 Å². The van der Waals surface area contributed by atoms with Crippen LogP contribution in [0, 0.1) is 6.92 Å². The third-order valence-electron chi connectivity index (χ3n) is 2.06. The number of furan rings is 1. The molecule has 0 aromatic carbocycles. The summed E-state index contributed by atoms with van der Waals surface area (Å²) in [5.74, 6) is 1.04. The van der Waals surface area contributed by atoms with Gasteiger partial charge in [-0.1, -0.05) is 6.92 Å². The molecule has 2 rings (SSSR count). The van der Waals surface area contributed by atoms with E-state index >= 15 is 0 Å². The van der Waals surface area contributed by atoms with Crippen LogP contribution >= 0.6 is 0 Å². The molecule has 0 saturated heterocycles. The van der Waals surface area contributed by atoms with E-state index in [4.69, 9.17) is 4.42 Å². The first kappa shape index (κ1) is 8.30. The van der Waals surface area contributed by atoms with Crippen LogP contribution in [0.25, 0.3) is 11.1 Å². The topological polar surface area (TPSA) is 26.0 Å². The van der Waals surface area contributed by atoms with Gasteiger partial charge in [0.2, 0.25) is 0 Å². The van der Waals surface area contributed by atoms with Crippen molar-refractivity contribution in [3.8, 4) is 0 Å². The number of hydrogen-bond acceptors (Lipinski definition) is 2. The fraction of sp³-hybridized carbons (Fsp3) is 0.364. The summed E-state index contributed by atoms with van der Waals surface area (Å²) in [6, 6.07) is 5.99. The van der Waals surface area contributed by atoms with Crippen molar-refractivity contribution < 1.29 is 4.42 Å². The Morgan fingerprint density at radius 1 is 1.38 bits per heavy atom. The zero-order valence-electron chi connectivity index (χ0n) is 8.00. The van der Waals surface area contributed by atoms with Gasteiger partial charge in [-0.25, -0.2) is 4.98 Å². The van der Waals surface area contributed by atoms with Crippen molar-refractivity contribution in [1.29, 1.82) is 0 Å². The maximum Gasteiger partial charge on any atom is 0.152 e. The Balaban J connectivity index is 2.49. The average molecular weight is 175 g/mol. The first-order chi connectivity index (χ1) is 6.29. The van der Waals surface area contributed by atoms with Gasteiger partial charge in [0.1, 0.15) is 11.3 Å². The van der Waals surface area contributed by atoms with Crippen molar-refractivity contribution in [2.45, 2.75) is 26.7 Å². The molecule has 0 aliphatic heterocycles. The summed E-state index contributed by atoms with van der Waals surface area (Å²) in [4.78, 5) is 4.38. The van der Waals surface area contributed by atoms with E-state index in [-0.39, 0.29) is 0 Å². The van der Waals surface area contributed by atoms with E-state index < -0.39 is 0 Å². The molecule has 2 heteroatoms. The van der Waals surface area contributed by atoms with Gasteiger partial charge < -0.3 is 4.42 Å². The van der Waals surface area contributed by atoms with Crippen LogP contribution in [0.1, 0.15) is 24.8 Å². The molecule has 0 aliphatic rings. The van der Waals surface area contributed by atoms with E-state index in [1.54, 1.807) is 0 Å². The SMILES string of the molecule is CCCc1cc2nc(C)ccc2o1. The molecule has 0 fully saturated rings. The zero-order chi connectivity index (χ0) is 9.26. The summed E-state index contributed by atoms with van der Waals surface area (Å²) < 4.78 is 5.60. The van der Waals surface area contributed by atoms with Crippen LogP contribution in [0.4, 0.5) is 0 Å². The third-order valence-corrected chi connectivity index (χ3v) is 2.06. The lowest BCUT2D eigenvalue weighted by Crippen LogP contribution is -1.77. The van der Waals surface area contributed by atoms with Crippen LogP contribution in [0.5, 0.6) is 0 Å². The van der Waals surface area contributed by atoms with Crippen molar-refractivity contribution in [2.75, 3.05) is 0 Å². The fourth-order valence-corrected chi connectivity index (χ4v) is 1.45. The molecule has 0 aliphatic carbocycles. The molecule has 0 unspecified atom stereocenters. The highest BCUT2D eigenvalue weighted by Gasteiger charge is 2.03. The predicted molar refractivity (Wildman–Crippen MR) is 52.7 cm³/mol. The van der Waals surface area contributed by atoms with Gasteiger partial charge in [0, 0.05) is 18.2 Å². The number of aromatic nitrogens is 1. The minimum absolute atomic E-state index is 0.897. The Labute approximate surface area is 77.6 Å². The number of rotatable bonds is 2. The molecule has 0 atom stereocenters. The van der Waals surface area contributed by atoms with Crippen LogP contribution < -0.4 is 0 Å². The number of pyridine rings is 1. The summed E-state index contributed by atoms with van der Waals surface area (Å²) in [6.07, 6.45) is 2.11. The fourth-order valence-electron chi connectivity index (χ4n) is 1.45. The Bertz CT molecular complexity index is 417. The van der Waals surface area contributed by atoms with Gasteiger partial charge in [-0.15, -0.1) is 0 Å². The minimum Gasteiger partial charge on any atom is -0.459 e. The molecule has 0 N–H and O–H groups in total. The maximum absolute atomic E-state index is 5.60. The number of aryl methyl sites for hydroxylation is 2. The van der Waals surface area contributed by atoms with Crippen LogP contribution in [0.3, 0.4) is 0 Å². The summed E-state index contributed by atoms with van der Waals surface area (Å²) in [5, 5.41) is 0. The highest BCUT2D eigenvalue weighted by molar-refractivity contribution is 5.73. The van der Waals surface area contributed by atoms with Gasteiger partial charge in [-0.05, 0) is 25.5 Å². The Morgan fingerprint density at radius 2 is 2.23 bits per heavy atom. The largest absolute Gasteiger partial charge is 0.459 e. The second-order valence-corrected chi connectivity index (χ2v) is 3.30. The van der Waals surface area contributed by atoms with Crippen LogP contribution in [0.15, 0.2) is 22.6 Å². The van der Waals surface area contributed by atoms with Crippen molar-refractivity contribution in [3.63, 3.8) is 0 Å². The predicted octanol–water partition coefficient (Wildman–Crippen LogP) is 3.09. The number of nitrogens with zero attached hydrogens (tertiary/aromatic N) is 1. The smallest absolute Gasteiger partial charge is 0.152 e. The molecule has 2 nitrogen and oxygen atoms in total. The molecule has 13 heavy (non-hydrogen) atoms. The van der Waals surface area contributed by atoms with Gasteiger partial charge in [-0.2, -0.15) is 0 Å².